The fourth-order valence-electron chi connectivity index (χ4n) is 1.62. The first-order valence-corrected chi connectivity index (χ1v) is 7.08. The van der Waals surface area contributed by atoms with Crippen molar-refractivity contribution in [2.75, 3.05) is 13.6 Å². The molecule has 2 rings (SSSR count). The quantitative estimate of drug-likeness (QED) is 0.832. The van der Waals surface area contributed by atoms with Gasteiger partial charge in [-0.1, -0.05) is 18.2 Å². The van der Waals surface area contributed by atoms with Crippen LogP contribution in [0, 0.1) is 0 Å². The molecule has 0 saturated heterocycles. The van der Waals surface area contributed by atoms with Crippen molar-refractivity contribution in [1.29, 1.82) is 0 Å². The van der Waals surface area contributed by atoms with Crippen LogP contribution in [-0.2, 0) is 16.4 Å². The number of hydrogen-bond donors (Lipinski definition) is 0. The standard InChI is InChI=1S/C13H15NO3S/c1-14(10-9-12-6-5-11-17-12)18(15,16)13-7-3-2-4-8-13/h2-8,11H,9-10H2,1H3. The Hall–Kier alpha value is -1.59. The summed E-state index contributed by atoms with van der Waals surface area (Å²) in [6.07, 6.45) is 2.15. The van der Waals surface area contributed by atoms with Crippen molar-refractivity contribution < 1.29 is 12.8 Å². The molecule has 1 heterocycles. The highest BCUT2D eigenvalue weighted by atomic mass is 32.2. The lowest BCUT2D eigenvalue weighted by Gasteiger charge is -2.16. The predicted octanol–water partition coefficient (Wildman–Crippen LogP) is 2.14. The second-order valence-corrected chi connectivity index (χ2v) is 6.01. The van der Waals surface area contributed by atoms with Crippen molar-refractivity contribution in [3.8, 4) is 0 Å². The van der Waals surface area contributed by atoms with E-state index in [1.54, 1.807) is 49.7 Å². The largest absolute Gasteiger partial charge is 0.469 e. The molecule has 0 bridgehead atoms. The minimum atomic E-state index is -3.40. The zero-order valence-electron chi connectivity index (χ0n) is 10.1. The lowest BCUT2D eigenvalue weighted by atomic mass is 10.3. The van der Waals surface area contributed by atoms with Gasteiger partial charge in [-0.05, 0) is 24.3 Å². The van der Waals surface area contributed by atoms with E-state index in [1.165, 1.54) is 4.31 Å². The van der Waals surface area contributed by atoms with E-state index in [0.717, 1.165) is 5.76 Å². The Morgan fingerprint density at radius 2 is 1.83 bits per heavy atom. The number of benzene rings is 1. The van der Waals surface area contributed by atoms with Crippen molar-refractivity contribution >= 4 is 10.0 Å². The maximum Gasteiger partial charge on any atom is 0.242 e. The molecule has 0 aliphatic heterocycles. The van der Waals surface area contributed by atoms with Gasteiger partial charge in [-0.3, -0.25) is 0 Å². The lowest BCUT2D eigenvalue weighted by molar-refractivity contribution is 0.441. The summed E-state index contributed by atoms with van der Waals surface area (Å²) in [7, 11) is -1.83. The minimum absolute atomic E-state index is 0.312. The normalized spacial score (nSPS) is 11.9. The highest BCUT2D eigenvalue weighted by molar-refractivity contribution is 7.89. The van der Waals surface area contributed by atoms with Crippen LogP contribution in [0.1, 0.15) is 5.76 Å². The number of nitrogens with zero attached hydrogens (tertiary/aromatic N) is 1. The van der Waals surface area contributed by atoms with E-state index in [9.17, 15) is 8.42 Å². The zero-order chi connectivity index (χ0) is 13.0. The summed E-state index contributed by atoms with van der Waals surface area (Å²) < 4.78 is 30.9. The topological polar surface area (TPSA) is 50.5 Å². The minimum Gasteiger partial charge on any atom is -0.469 e. The Morgan fingerprint density at radius 3 is 2.44 bits per heavy atom. The first-order valence-electron chi connectivity index (χ1n) is 5.64. The van der Waals surface area contributed by atoms with Crippen LogP contribution in [0.4, 0.5) is 0 Å². The Labute approximate surface area is 107 Å². The molecule has 96 valence electrons. The number of likely N-dealkylation sites (N-methyl/N-ethyl adjacent to an activating group) is 1. The van der Waals surface area contributed by atoms with Crippen molar-refractivity contribution in [1.82, 2.24) is 4.31 Å². The van der Waals surface area contributed by atoms with Gasteiger partial charge in [0.1, 0.15) is 5.76 Å². The van der Waals surface area contributed by atoms with Gasteiger partial charge in [0.05, 0.1) is 11.2 Å². The third kappa shape index (κ3) is 2.80. The van der Waals surface area contributed by atoms with Gasteiger partial charge in [0, 0.05) is 20.0 Å². The van der Waals surface area contributed by atoms with E-state index in [4.69, 9.17) is 4.42 Å². The predicted molar refractivity (Wildman–Crippen MR) is 68.7 cm³/mol. The van der Waals surface area contributed by atoms with Crippen LogP contribution in [0.3, 0.4) is 0 Å². The fraction of sp³-hybridized carbons (Fsp3) is 0.231. The van der Waals surface area contributed by atoms with Crippen LogP contribution in [0.5, 0.6) is 0 Å². The molecule has 1 aromatic heterocycles. The highest BCUT2D eigenvalue weighted by Gasteiger charge is 2.20. The fourth-order valence-corrected chi connectivity index (χ4v) is 2.81. The van der Waals surface area contributed by atoms with Gasteiger partial charge >= 0.3 is 0 Å². The molecule has 0 spiro atoms. The van der Waals surface area contributed by atoms with Crippen LogP contribution < -0.4 is 0 Å². The molecular weight excluding hydrogens is 250 g/mol. The van der Waals surface area contributed by atoms with Crippen molar-refractivity contribution in [2.45, 2.75) is 11.3 Å². The van der Waals surface area contributed by atoms with E-state index in [-0.39, 0.29) is 0 Å². The zero-order valence-corrected chi connectivity index (χ0v) is 10.9. The molecule has 0 aliphatic carbocycles. The van der Waals surface area contributed by atoms with Crippen LogP contribution in [0.15, 0.2) is 58.0 Å². The molecule has 0 atom stereocenters. The molecule has 0 fully saturated rings. The van der Waals surface area contributed by atoms with E-state index < -0.39 is 10.0 Å². The SMILES string of the molecule is CN(CCc1ccco1)S(=O)(=O)c1ccccc1. The van der Waals surface area contributed by atoms with E-state index >= 15 is 0 Å². The van der Waals surface area contributed by atoms with Gasteiger partial charge in [0.25, 0.3) is 0 Å². The van der Waals surface area contributed by atoms with E-state index in [2.05, 4.69) is 0 Å². The Kier molecular flexibility index (Phi) is 3.84. The molecule has 0 unspecified atom stereocenters. The smallest absolute Gasteiger partial charge is 0.242 e. The molecule has 18 heavy (non-hydrogen) atoms. The molecule has 0 radical (unpaired) electrons. The van der Waals surface area contributed by atoms with Gasteiger partial charge < -0.3 is 4.42 Å². The first kappa shape index (κ1) is 12.9. The summed E-state index contributed by atoms with van der Waals surface area (Å²) in [6, 6.07) is 12.0. The second-order valence-electron chi connectivity index (χ2n) is 3.97. The molecule has 0 N–H and O–H groups in total. The Balaban J connectivity index is 2.06. The van der Waals surface area contributed by atoms with Crippen LogP contribution >= 0.6 is 0 Å². The average Bonchev–Trinajstić information content (AvgIpc) is 2.90. The maximum absolute atomic E-state index is 12.2. The summed E-state index contributed by atoms with van der Waals surface area (Å²) in [5, 5.41) is 0. The molecule has 5 heteroatoms. The monoisotopic (exact) mass is 265 g/mol. The number of hydrogen-bond acceptors (Lipinski definition) is 3. The summed E-state index contributed by atoms with van der Waals surface area (Å²) >= 11 is 0. The van der Waals surface area contributed by atoms with Crippen LogP contribution in [0.25, 0.3) is 0 Å². The third-order valence-electron chi connectivity index (χ3n) is 2.70. The average molecular weight is 265 g/mol. The molecule has 0 saturated carbocycles. The Bertz CT molecular complexity index is 576. The molecule has 0 aliphatic rings. The van der Waals surface area contributed by atoms with Crippen LogP contribution in [-0.4, -0.2) is 26.3 Å². The molecule has 4 nitrogen and oxygen atoms in total. The third-order valence-corrected chi connectivity index (χ3v) is 4.58. The van der Waals surface area contributed by atoms with Crippen molar-refractivity contribution in [3.05, 3.63) is 54.5 Å². The number of furan rings is 1. The molecule has 1 aromatic carbocycles. The summed E-state index contributed by atoms with van der Waals surface area (Å²) in [4.78, 5) is 0.312. The van der Waals surface area contributed by atoms with Crippen molar-refractivity contribution in [2.24, 2.45) is 0 Å². The first-order chi connectivity index (χ1) is 8.60. The summed E-state index contributed by atoms with van der Waals surface area (Å²) in [5.41, 5.74) is 0. The van der Waals surface area contributed by atoms with E-state index in [1.807, 2.05) is 6.07 Å². The summed E-state index contributed by atoms with van der Waals surface area (Å²) in [5.74, 6) is 0.783. The van der Waals surface area contributed by atoms with E-state index in [0.29, 0.717) is 17.9 Å². The maximum atomic E-state index is 12.2. The number of sulfonamides is 1. The lowest BCUT2D eigenvalue weighted by Crippen LogP contribution is -2.28. The van der Waals surface area contributed by atoms with Gasteiger partial charge in [0.15, 0.2) is 0 Å². The van der Waals surface area contributed by atoms with Gasteiger partial charge in [-0.15, -0.1) is 0 Å². The van der Waals surface area contributed by atoms with Gasteiger partial charge in [0.2, 0.25) is 10.0 Å². The highest BCUT2D eigenvalue weighted by Crippen LogP contribution is 2.14. The van der Waals surface area contributed by atoms with Crippen LogP contribution in [0.2, 0.25) is 0 Å². The molecule has 2 aromatic rings. The summed E-state index contributed by atoms with van der Waals surface area (Å²) in [6.45, 7) is 0.394. The molecular formula is C13H15NO3S. The van der Waals surface area contributed by atoms with Crippen molar-refractivity contribution in [3.63, 3.8) is 0 Å². The van der Waals surface area contributed by atoms with Gasteiger partial charge in [-0.2, -0.15) is 0 Å². The second kappa shape index (κ2) is 5.37. The molecule has 0 amide bonds. The Morgan fingerprint density at radius 1 is 1.11 bits per heavy atom. The van der Waals surface area contributed by atoms with Gasteiger partial charge in [-0.25, -0.2) is 12.7 Å². The number of rotatable bonds is 5.